The molecule has 0 aromatic heterocycles. The molecule has 0 saturated carbocycles. The number of thioether (sulfide) groups is 1. The van der Waals surface area contributed by atoms with E-state index in [2.05, 4.69) is 11.7 Å². The van der Waals surface area contributed by atoms with E-state index >= 15 is 0 Å². The smallest absolute Gasteiger partial charge is 0.322 e. The van der Waals surface area contributed by atoms with Crippen molar-refractivity contribution in [2.45, 2.75) is 19.4 Å². The van der Waals surface area contributed by atoms with E-state index in [1.54, 1.807) is 11.8 Å². The first-order chi connectivity index (χ1) is 5.22. The Labute approximate surface area is 83.8 Å². The minimum Gasteiger partial charge on any atom is -0.468 e. The topological polar surface area (TPSA) is 52.3 Å². The van der Waals surface area contributed by atoms with Crippen LogP contribution in [0.5, 0.6) is 0 Å². The third-order valence-corrected chi connectivity index (χ3v) is 2.21. The lowest BCUT2D eigenvalue weighted by molar-refractivity contribution is -0.142. The van der Waals surface area contributed by atoms with Crippen molar-refractivity contribution in [3.8, 4) is 0 Å². The van der Waals surface area contributed by atoms with E-state index in [1.165, 1.54) is 7.11 Å². The predicted octanol–water partition coefficient (Wildman–Crippen LogP) is 1.05. The zero-order valence-corrected chi connectivity index (χ0v) is 9.04. The van der Waals surface area contributed by atoms with Gasteiger partial charge in [0.15, 0.2) is 0 Å². The van der Waals surface area contributed by atoms with Gasteiger partial charge in [-0.1, -0.05) is 6.92 Å². The SMILES string of the molecule is CCSCCC(N)C(=O)OC.Cl. The van der Waals surface area contributed by atoms with Crippen molar-refractivity contribution < 1.29 is 9.53 Å². The van der Waals surface area contributed by atoms with Crippen LogP contribution in [-0.4, -0.2) is 30.6 Å². The fourth-order valence-electron chi connectivity index (χ4n) is 0.624. The van der Waals surface area contributed by atoms with Crippen LogP contribution < -0.4 is 5.73 Å². The molecule has 0 rings (SSSR count). The highest BCUT2D eigenvalue weighted by Gasteiger charge is 2.11. The van der Waals surface area contributed by atoms with E-state index in [0.717, 1.165) is 11.5 Å². The van der Waals surface area contributed by atoms with E-state index in [-0.39, 0.29) is 18.4 Å². The van der Waals surface area contributed by atoms with Crippen LogP contribution in [0.15, 0.2) is 0 Å². The van der Waals surface area contributed by atoms with Gasteiger partial charge in [-0.25, -0.2) is 0 Å². The third-order valence-electron chi connectivity index (χ3n) is 1.28. The molecule has 0 aliphatic rings. The zero-order chi connectivity index (χ0) is 8.69. The van der Waals surface area contributed by atoms with Gasteiger partial charge < -0.3 is 10.5 Å². The fourth-order valence-corrected chi connectivity index (χ4v) is 1.33. The molecule has 1 atom stereocenters. The van der Waals surface area contributed by atoms with Gasteiger partial charge in [0.2, 0.25) is 0 Å². The maximum Gasteiger partial charge on any atom is 0.322 e. The maximum atomic E-state index is 10.7. The normalized spacial score (nSPS) is 11.6. The first-order valence-corrected chi connectivity index (χ1v) is 4.79. The van der Waals surface area contributed by atoms with Crippen LogP contribution in [-0.2, 0) is 9.53 Å². The highest BCUT2D eigenvalue weighted by molar-refractivity contribution is 7.99. The second-order valence-corrected chi connectivity index (χ2v) is 3.51. The van der Waals surface area contributed by atoms with Crippen molar-refractivity contribution in [1.82, 2.24) is 0 Å². The number of methoxy groups -OCH3 is 1. The average molecular weight is 214 g/mol. The maximum absolute atomic E-state index is 10.7. The Morgan fingerprint density at radius 2 is 2.25 bits per heavy atom. The molecule has 2 N–H and O–H groups in total. The van der Waals surface area contributed by atoms with E-state index in [4.69, 9.17) is 5.73 Å². The van der Waals surface area contributed by atoms with Crippen molar-refractivity contribution in [1.29, 1.82) is 0 Å². The molecule has 0 radical (unpaired) electrons. The number of esters is 1. The number of rotatable bonds is 5. The van der Waals surface area contributed by atoms with Gasteiger partial charge in [-0.05, 0) is 17.9 Å². The van der Waals surface area contributed by atoms with Crippen LogP contribution in [0.4, 0.5) is 0 Å². The molecule has 0 aromatic carbocycles. The lowest BCUT2D eigenvalue weighted by atomic mass is 10.2. The Hall–Kier alpha value is 0.0700. The first-order valence-electron chi connectivity index (χ1n) is 3.63. The number of ether oxygens (including phenoxy) is 1. The largest absolute Gasteiger partial charge is 0.468 e. The summed E-state index contributed by atoms with van der Waals surface area (Å²) < 4.78 is 4.47. The van der Waals surface area contributed by atoms with Crippen LogP contribution in [0.2, 0.25) is 0 Å². The van der Waals surface area contributed by atoms with E-state index in [1.807, 2.05) is 0 Å². The summed E-state index contributed by atoms with van der Waals surface area (Å²) >= 11 is 1.78. The number of hydrogen-bond acceptors (Lipinski definition) is 4. The summed E-state index contributed by atoms with van der Waals surface area (Å²) in [6.45, 7) is 2.08. The quantitative estimate of drug-likeness (QED) is 0.548. The van der Waals surface area contributed by atoms with Gasteiger partial charge >= 0.3 is 5.97 Å². The Morgan fingerprint density at radius 3 is 2.67 bits per heavy atom. The molecule has 1 unspecified atom stereocenters. The molecule has 0 aliphatic heterocycles. The minimum atomic E-state index is -0.445. The fraction of sp³-hybridized carbons (Fsp3) is 0.857. The molecule has 74 valence electrons. The summed E-state index contributed by atoms with van der Waals surface area (Å²) in [6.07, 6.45) is 0.700. The second-order valence-electron chi connectivity index (χ2n) is 2.12. The number of hydrogen-bond donors (Lipinski definition) is 1. The van der Waals surface area contributed by atoms with E-state index < -0.39 is 6.04 Å². The summed E-state index contributed by atoms with van der Waals surface area (Å²) in [6, 6.07) is -0.445. The molecule has 3 nitrogen and oxygen atoms in total. The van der Waals surface area contributed by atoms with Crippen molar-refractivity contribution in [2.75, 3.05) is 18.6 Å². The molecular formula is C7H16ClNO2S. The van der Waals surface area contributed by atoms with Gasteiger partial charge in [0.05, 0.1) is 7.11 Å². The monoisotopic (exact) mass is 213 g/mol. The summed E-state index contributed by atoms with van der Waals surface area (Å²) in [4.78, 5) is 10.7. The average Bonchev–Trinajstić information content (AvgIpc) is 2.03. The molecule has 0 fully saturated rings. The van der Waals surface area contributed by atoms with Gasteiger partial charge in [-0.15, -0.1) is 12.4 Å². The number of carbonyl (C=O) groups is 1. The van der Waals surface area contributed by atoms with Crippen LogP contribution >= 0.6 is 24.2 Å². The third kappa shape index (κ3) is 6.76. The second kappa shape index (κ2) is 9.16. The lowest BCUT2D eigenvalue weighted by Crippen LogP contribution is -2.31. The Bertz CT molecular complexity index is 124. The Kier molecular flexibility index (Phi) is 11.1. The Morgan fingerprint density at radius 1 is 1.67 bits per heavy atom. The summed E-state index contributed by atoms with van der Waals surface area (Å²) in [5.41, 5.74) is 5.48. The highest BCUT2D eigenvalue weighted by Crippen LogP contribution is 2.03. The molecule has 0 spiro atoms. The van der Waals surface area contributed by atoms with Crippen LogP contribution in [0.1, 0.15) is 13.3 Å². The lowest BCUT2D eigenvalue weighted by Gasteiger charge is -2.07. The minimum absolute atomic E-state index is 0. The molecular weight excluding hydrogens is 198 g/mol. The van der Waals surface area contributed by atoms with E-state index in [0.29, 0.717) is 6.42 Å². The number of carbonyl (C=O) groups excluding carboxylic acids is 1. The standard InChI is InChI=1S/C7H15NO2S.ClH/c1-3-11-5-4-6(8)7(9)10-2;/h6H,3-5,8H2,1-2H3;1H. The molecule has 0 aliphatic carbocycles. The summed E-state index contributed by atoms with van der Waals surface area (Å²) in [5.74, 6) is 1.67. The van der Waals surface area contributed by atoms with Crippen LogP contribution in [0.25, 0.3) is 0 Å². The highest BCUT2D eigenvalue weighted by atomic mass is 35.5. The molecule has 0 amide bonds. The van der Waals surface area contributed by atoms with Gasteiger partial charge in [0.1, 0.15) is 6.04 Å². The van der Waals surface area contributed by atoms with Gasteiger partial charge in [0, 0.05) is 0 Å². The van der Waals surface area contributed by atoms with Crippen molar-refractivity contribution >= 4 is 30.1 Å². The van der Waals surface area contributed by atoms with Crippen molar-refractivity contribution in [3.05, 3.63) is 0 Å². The Balaban J connectivity index is 0. The first kappa shape index (κ1) is 14.6. The predicted molar refractivity (Wildman–Crippen MR) is 54.9 cm³/mol. The van der Waals surface area contributed by atoms with Crippen LogP contribution in [0, 0.1) is 0 Å². The van der Waals surface area contributed by atoms with E-state index in [9.17, 15) is 4.79 Å². The number of nitrogens with two attached hydrogens (primary N) is 1. The number of halogens is 1. The molecule has 12 heavy (non-hydrogen) atoms. The van der Waals surface area contributed by atoms with Gasteiger partial charge in [-0.3, -0.25) is 4.79 Å². The van der Waals surface area contributed by atoms with Crippen molar-refractivity contribution in [3.63, 3.8) is 0 Å². The molecule has 5 heteroatoms. The summed E-state index contributed by atoms with van der Waals surface area (Å²) in [7, 11) is 1.36. The van der Waals surface area contributed by atoms with Gasteiger partial charge in [0.25, 0.3) is 0 Å². The molecule has 0 saturated heterocycles. The zero-order valence-electron chi connectivity index (χ0n) is 7.41. The van der Waals surface area contributed by atoms with Crippen LogP contribution in [0.3, 0.4) is 0 Å². The molecule has 0 bridgehead atoms. The molecule has 0 heterocycles. The molecule has 0 aromatic rings. The summed E-state index contributed by atoms with van der Waals surface area (Å²) in [5, 5.41) is 0. The van der Waals surface area contributed by atoms with Gasteiger partial charge in [-0.2, -0.15) is 11.8 Å². The van der Waals surface area contributed by atoms with Crippen molar-refractivity contribution in [2.24, 2.45) is 5.73 Å².